The summed E-state index contributed by atoms with van der Waals surface area (Å²) in [6.07, 6.45) is 4.24. The fraction of sp³-hybridized carbons (Fsp3) is 0.368. The summed E-state index contributed by atoms with van der Waals surface area (Å²) in [6.45, 7) is 2.11. The van der Waals surface area contributed by atoms with Crippen molar-refractivity contribution in [1.82, 2.24) is 19.6 Å². The third-order valence-corrected chi connectivity index (χ3v) is 4.28. The summed E-state index contributed by atoms with van der Waals surface area (Å²) in [5, 5.41) is 7.02. The van der Waals surface area contributed by atoms with E-state index in [2.05, 4.69) is 27.3 Å². The standard InChI is InChI=1S/C19H23N5O4/c1-5-6-7-12-8-17(24-19(22-12)20-11-21-24)23-18(25)13-9-15(27-3)16(28-4)10-14(13)26-2/h8-11H,5-7H2,1-4H3,(H,23,25). The van der Waals surface area contributed by atoms with E-state index in [-0.39, 0.29) is 5.91 Å². The van der Waals surface area contributed by atoms with Crippen LogP contribution in [0, 0.1) is 0 Å². The number of hydrogen-bond acceptors (Lipinski definition) is 7. The number of amides is 1. The lowest BCUT2D eigenvalue weighted by atomic mass is 10.1. The Morgan fingerprint density at radius 1 is 1.07 bits per heavy atom. The minimum atomic E-state index is -0.373. The van der Waals surface area contributed by atoms with E-state index in [4.69, 9.17) is 14.2 Å². The molecule has 0 fully saturated rings. The third-order valence-electron chi connectivity index (χ3n) is 4.28. The van der Waals surface area contributed by atoms with Crippen molar-refractivity contribution in [3.63, 3.8) is 0 Å². The second-order valence-electron chi connectivity index (χ2n) is 6.07. The topological polar surface area (TPSA) is 99.9 Å². The van der Waals surface area contributed by atoms with Gasteiger partial charge in [-0.2, -0.15) is 14.6 Å². The number of ether oxygens (including phenoxy) is 3. The molecule has 0 bridgehead atoms. The van der Waals surface area contributed by atoms with E-state index in [0.717, 1.165) is 25.0 Å². The van der Waals surface area contributed by atoms with Gasteiger partial charge in [-0.15, -0.1) is 0 Å². The van der Waals surface area contributed by atoms with Crippen LogP contribution in [0.5, 0.6) is 17.2 Å². The number of nitrogens with one attached hydrogen (secondary N) is 1. The third kappa shape index (κ3) is 3.83. The lowest BCUT2D eigenvalue weighted by Gasteiger charge is -2.14. The Labute approximate surface area is 162 Å². The van der Waals surface area contributed by atoms with Crippen LogP contribution in [0.4, 0.5) is 5.82 Å². The van der Waals surface area contributed by atoms with Crippen molar-refractivity contribution in [2.24, 2.45) is 0 Å². The monoisotopic (exact) mass is 385 g/mol. The average molecular weight is 385 g/mol. The first-order valence-corrected chi connectivity index (χ1v) is 8.92. The van der Waals surface area contributed by atoms with Crippen LogP contribution < -0.4 is 19.5 Å². The average Bonchev–Trinajstić information content (AvgIpc) is 3.20. The van der Waals surface area contributed by atoms with Crippen LogP contribution in [-0.4, -0.2) is 46.8 Å². The van der Waals surface area contributed by atoms with Crippen LogP contribution in [-0.2, 0) is 6.42 Å². The number of methoxy groups -OCH3 is 3. The molecule has 3 aromatic rings. The number of benzene rings is 1. The summed E-state index contributed by atoms with van der Waals surface area (Å²) in [5.41, 5.74) is 1.15. The Morgan fingerprint density at radius 3 is 2.46 bits per heavy atom. The summed E-state index contributed by atoms with van der Waals surface area (Å²) in [6, 6.07) is 4.99. The predicted molar refractivity (Wildman–Crippen MR) is 103 cm³/mol. The molecule has 9 nitrogen and oxygen atoms in total. The number of hydrogen-bond donors (Lipinski definition) is 1. The quantitative estimate of drug-likeness (QED) is 0.636. The molecule has 0 saturated carbocycles. The Bertz CT molecular complexity index is 986. The number of unbranched alkanes of at least 4 members (excludes halogenated alkanes) is 1. The van der Waals surface area contributed by atoms with Gasteiger partial charge in [-0.3, -0.25) is 4.79 Å². The summed E-state index contributed by atoms with van der Waals surface area (Å²) in [5.74, 6) is 1.81. The predicted octanol–water partition coefficient (Wildman–Crippen LogP) is 2.75. The molecule has 0 radical (unpaired) electrons. The van der Waals surface area contributed by atoms with Gasteiger partial charge in [-0.05, 0) is 12.8 Å². The van der Waals surface area contributed by atoms with Gasteiger partial charge in [0.05, 0.1) is 26.9 Å². The Kier molecular flexibility index (Phi) is 5.93. The highest BCUT2D eigenvalue weighted by Gasteiger charge is 2.19. The number of rotatable bonds is 8. The summed E-state index contributed by atoms with van der Waals surface area (Å²) >= 11 is 0. The molecule has 0 aliphatic heterocycles. The number of aryl methyl sites for hydroxylation is 1. The molecule has 9 heteroatoms. The van der Waals surface area contributed by atoms with Gasteiger partial charge in [-0.1, -0.05) is 13.3 Å². The molecular weight excluding hydrogens is 362 g/mol. The maximum absolute atomic E-state index is 13.0. The van der Waals surface area contributed by atoms with Crippen LogP contribution in [0.15, 0.2) is 24.5 Å². The van der Waals surface area contributed by atoms with Gasteiger partial charge in [0.25, 0.3) is 11.7 Å². The number of carbonyl (C=O) groups is 1. The zero-order valence-electron chi connectivity index (χ0n) is 16.4. The zero-order valence-corrected chi connectivity index (χ0v) is 16.4. The van der Waals surface area contributed by atoms with Crippen molar-refractivity contribution < 1.29 is 19.0 Å². The van der Waals surface area contributed by atoms with Crippen molar-refractivity contribution in [1.29, 1.82) is 0 Å². The molecule has 1 aromatic carbocycles. The summed E-state index contributed by atoms with van der Waals surface area (Å²) in [7, 11) is 4.52. The van der Waals surface area contributed by atoms with Crippen LogP contribution >= 0.6 is 0 Å². The Hall–Kier alpha value is -3.36. The molecule has 1 N–H and O–H groups in total. The van der Waals surface area contributed by atoms with Crippen LogP contribution in [0.1, 0.15) is 35.8 Å². The van der Waals surface area contributed by atoms with Crippen LogP contribution in [0.3, 0.4) is 0 Å². The maximum Gasteiger partial charge on any atom is 0.260 e. The SMILES string of the molecule is CCCCc1cc(NC(=O)c2cc(OC)c(OC)cc2OC)n2ncnc2n1. The number of aromatic nitrogens is 4. The lowest BCUT2D eigenvalue weighted by Crippen LogP contribution is -2.17. The molecule has 0 aliphatic carbocycles. The Balaban J connectivity index is 1.98. The molecule has 0 aliphatic rings. The van der Waals surface area contributed by atoms with Gasteiger partial charge >= 0.3 is 0 Å². The van der Waals surface area contributed by atoms with Crippen molar-refractivity contribution in [2.75, 3.05) is 26.6 Å². The van der Waals surface area contributed by atoms with E-state index in [0.29, 0.717) is 34.4 Å². The van der Waals surface area contributed by atoms with Gasteiger partial charge in [0.1, 0.15) is 17.9 Å². The van der Waals surface area contributed by atoms with Gasteiger partial charge in [0, 0.05) is 23.9 Å². The van der Waals surface area contributed by atoms with Crippen molar-refractivity contribution in [3.8, 4) is 17.2 Å². The first kappa shape index (κ1) is 19.4. The number of fused-ring (bicyclic) bond motifs is 1. The fourth-order valence-electron chi connectivity index (χ4n) is 2.83. The second-order valence-corrected chi connectivity index (χ2v) is 6.07. The van der Waals surface area contributed by atoms with Gasteiger partial charge < -0.3 is 19.5 Å². The highest BCUT2D eigenvalue weighted by molar-refractivity contribution is 6.06. The number of anilines is 1. The molecule has 0 atom stereocenters. The fourth-order valence-corrected chi connectivity index (χ4v) is 2.83. The highest BCUT2D eigenvalue weighted by Crippen LogP contribution is 2.35. The first-order valence-electron chi connectivity index (χ1n) is 8.92. The molecule has 2 heterocycles. The van der Waals surface area contributed by atoms with Crippen molar-refractivity contribution in [3.05, 3.63) is 35.8 Å². The normalized spacial score (nSPS) is 10.7. The minimum absolute atomic E-state index is 0.306. The summed E-state index contributed by atoms with van der Waals surface area (Å²) < 4.78 is 17.4. The smallest absolute Gasteiger partial charge is 0.260 e. The van der Waals surface area contributed by atoms with Crippen LogP contribution in [0.2, 0.25) is 0 Å². The first-order chi connectivity index (χ1) is 13.6. The Morgan fingerprint density at radius 2 is 1.79 bits per heavy atom. The van der Waals surface area contributed by atoms with Crippen LogP contribution in [0.25, 0.3) is 5.78 Å². The molecule has 0 unspecified atom stereocenters. The molecular formula is C19H23N5O4. The van der Waals surface area contributed by atoms with E-state index in [9.17, 15) is 4.79 Å². The van der Waals surface area contributed by atoms with Crippen molar-refractivity contribution >= 4 is 17.5 Å². The molecule has 1 amide bonds. The maximum atomic E-state index is 13.0. The molecule has 0 saturated heterocycles. The van der Waals surface area contributed by atoms with E-state index < -0.39 is 0 Å². The molecule has 148 valence electrons. The lowest BCUT2D eigenvalue weighted by molar-refractivity contribution is 0.102. The van der Waals surface area contributed by atoms with E-state index in [1.807, 2.05) is 6.07 Å². The highest BCUT2D eigenvalue weighted by atomic mass is 16.5. The largest absolute Gasteiger partial charge is 0.496 e. The molecule has 0 spiro atoms. The van der Waals surface area contributed by atoms with Gasteiger partial charge in [-0.25, -0.2) is 4.98 Å². The number of carbonyl (C=O) groups excluding carboxylic acids is 1. The molecule has 28 heavy (non-hydrogen) atoms. The number of nitrogens with zero attached hydrogens (tertiary/aromatic N) is 4. The molecule has 3 rings (SSSR count). The second kappa shape index (κ2) is 8.55. The zero-order chi connectivity index (χ0) is 20.1. The van der Waals surface area contributed by atoms with Crippen molar-refractivity contribution in [2.45, 2.75) is 26.2 Å². The van der Waals surface area contributed by atoms with E-state index in [1.54, 1.807) is 12.1 Å². The van der Waals surface area contributed by atoms with E-state index >= 15 is 0 Å². The minimum Gasteiger partial charge on any atom is -0.496 e. The molecule has 2 aromatic heterocycles. The van der Waals surface area contributed by atoms with Gasteiger partial charge in [0.15, 0.2) is 11.5 Å². The van der Waals surface area contributed by atoms with Gasteiger partial charge in [0.2, 0.25) is 0 Å². The van der Waals surface area contributed by atoms with E-state index in [1.165, 1.54) is 32.2 Å². The summed E-state index contributed by atoms with van der Waals surface area (Å²) in [4.78, 5) is 21.6.